The van der Waals surface area contributed by atoms with Gasteiger partial charge in [0.25, 0.3) is 0 Å². The van der Waals surface area contributed by atoms with Crippen molar-refractivity contribution in [2.45, 2.75) is 70.4 Å². The number of likely N-dealkylation sites (N-methyl/N-ethyl adjacent to an activating group) is 1. The van der Waals surface area contributed by atoms with Gasteiger partial charge in [0.05, 0.1) is 0 Å². The van der Waals surface area contributed by atoms with E-state index in [2.05, 4.69) is 39.5 Å². The number of benzene rings is 1. The van der Waals surface area contributed by atoms with Gasteiger partial charge in [-0.3, -0.25) is 9.59 Å². The molecule has 1 saturated carbocycles. The minimum atomic E-state index is -0.562. The molecule has 1 aromatic heterocycles. The van der Waals surface area contributed by atoms with Gasteiger partial charge in [-0.25, -0.2) is 0 Å². The van der Waals surface area contributed by atoms with Crippen molar-refractivity contribution in [1.82, 2.24) is 20.4 Å². The van der Waals surface area contributed by atoms with Gasteiger partial charge >= 0.3 is 0 Å². The first-order valence-electron chi connectivity index (χ1n) is 11.7. The molecule has 0 radical (unpaired) electrons. The number of rotatable bonds is 5. The SMILES string of the molecule is CC(=O)NC1(c2noc(CCC(=O)N3CCN(C)c4ccccc4C3)n2)CCCCCC1. The average molecular weight is 440 g/mol. The van der Waals surface area contributed by atoms with Crippen molar-refractivity contribution in [2.24, 2.45) is 0 Å². The first kappa shape index (κ1) is 22.3. The summed E-state index contributed by atoms with van der Waals surface area (Å²) in [5.41, 5.74) is 1.77. The van der Waals surface area contributed by atoms with E-state index in [0.29, 0.717) is 37.6 Å². The summed E-state index contributed by atoms with van der Waals surface area (Å²) in [7, 11) is 2.06. The molecular weight excluding hydrogens is 406 g/mol. The van der Waals surface area contributed by atoms with Gasteiger partial charge in [0.1, 0.15) is 5.54 Å². The highest BCUT2D eigenvalue weighted by molar-refractivity contribution is 5.77. The molecule has 1 fully saturated rings. The van der Waals surface area contributed by atoms with Gasteiger partial charge in [-0.05, 0) is 24.5 Å². The van der Waals surface area contributed by atoms with E-state index in [1.165, 1.54) is 12.6 Å². The number of carbonyl (C=O) groups is 2. The topological polar surface area (TPSA) is 91.6 Å². The van der Waals surface area contributed by atoms with Crippen LogP contribution >= 0.6 is 0 Å². The van der Waals surface area contributed by atoms with Crippen molar-refractivity contribution in [3.8, 4) is 0 Å². The number of carbonyl (C=O) groups excluding carboxylic acids is 2. The molecule has 4 rings (SSSR count). The number of aromatic nitrogens is 2. The summed E-state index contributed by atoms with van der Waals surface area (Å²) in [6.07, 6.45) is 6.68. The van der Waals surface area contributed by atoms with Crippen LogP contribution in [0.4, 0.5) is 5.69 Å². The largest absolute Gasteiger partial charge is 0.373 e. The van der Waals surface area contributed by atoms with Gasteiger partial charge in [0, 0.05) is 52.1 Å². The molecule has 1 aliphatic heterocycles. The van der Waals surface area contributed by atoms with Crippen molar-refractivity contribution in [2.75, 3.05) is 25.0 Å². The minimum Gasteiger partial charge on any atom is -0.373 e. The maximum atomic E-state index is 13.0. The van der Waals surface area contributed by atoms with Crippen molar-refractivity contribution in [3.05, 3.63) is 41.5 Å². The van der Waals surface area contributed by atoms with Gasteiger partial charge in [-0.15, -0.1) is 0 Å². The molecule has 2 heterocycles. The molecule has 172 valence electrons. The molecule has 1 N–H and O–H groups in total. The molecule has 32 heavy (non-hydrogen) atoms. The fraction of sp³-hybridized carbons (Fsp3) is 0.583. The van der Waals surface area contributed by atoms with Crippen molar-refractivity contribution >= 4 is 17.5 Å². The van der Waals surface area contributed by atoms with Gasteiger partial charge < -0.3 is 19.6 Å². The third kappa shape index (κ3) is 4.95. The lowest BCUT2D eigenvalue weighted by atomic mass is 9.89. The predicted molar refractivity (Wildman–Crippen MR) is 121 cm³/mol. The number of hydrogen-bond acceptors (Lipinski definition) is 6. The minimum absolute atomic E-state index is 0.0835. The smallest absolute Gasteiger partial charge is 0.227 e. The first-order valence-corrected chi connectivity index (χ1v) is 11.7. The Morgan fingerprint density at radius 3 is 2.62 bits per heavy atom. The van der Waals surface area contributed by atoms with Crippen LogP contribution in [0.25, 0.3) is 0 Å². The van der Waals surface area contributed by atoms with Gasteiger partial charge in [-0.1, -0.05) is 49.0 Å². The number of para-hydroxylation sites is 1. The second-order valence-electron chi connectivity index (χ2n) is 9.05. The van der Waals surface area contributed by atoms with E-state index in [9.17, 15) is 9.59 Å². The highest BCUT2D eigenvalue weighted by Crippen LogP contribution is 2.34. The summed E-state index contributed by atoms with van der Waals surface area (Å²) in [5.74, 6) is 0.998. The molecule has 0 unspecified atom stereocenters. The molecule has 0 bridgehead atoms. The molecule has 8 nitrogen and oxygen atoms in total. The predicted octanol–water partition coefficient (Wildman–Crippen LogP) is 3.17. The van der Waals surface area contributed by atoms with E-state index >= 15 is 0 Å². The van der Waals surface area contributed by atoms with Crippen molar-refractivity contribution < 1.29 is 14.1 Å². The zero-order valence-corrected chi connectivity index (χ0v) is 19.1. The fourth-order valence-electron chi connectivity index (χ4n) is 4.90. The van der Waals surface area contributed by atoms with E-state index < -0.39 is 5.54 Å². The van der Waals surface area contributed by atoms with Crippen LogP contribution in [0.5, 0.6) is 0 Å². The van der Waals surface area contributed by atoms with Crippen LogP contribution in [-0.2, 0) is 28.1 Å². The summed E-state index contributed by atoms with van der Waals surface area (Å²) in [5, 5.41) is 7.32. The van der Waals surface area contributed by atoms with Crippen molar-refractivity contribution in [1.29, 1.82) is 0 Å². The number of anilines is 1. The number of amides is 2. The summed E-state index contributed by atoms with van der Waals surface area (Å²) >= 11 is 0. The van der Waals surface area contributed by atoms with Crippen LogP contribution in [0.1, 0.15) is 69.1 Å². The molecule has 0 atom stereocenters. The van der Waals surface area contributed by atoms with Gasteiger partial charge in [0.15, 0.2) is 5.82 Å². The highest BCUT2D eigenvalue weighted by Gasteiger charge is 2.38. The summed E-state index contributed by atoms with van der Waals surface area (Å²) in [4.78, 5) is 33.6. The Morgan fingerprint density at radius 2 is 1.88 bits per heavy atom. The third-order valence-corrected chi connectivity index (χ3v) is 6.64. The first-order chi connectivity index (χ1) is 15.5. The van der Waals surface area contributed by atoms with E-state index in [1.807, 2.05) is 17.0 Å². The molecular formula is C24H33N5O3. The Bertz CT molecular complexity index is 949. The lowest BCUT2D eigenvalue weighted by Gasteiger charge is -2.30. The molecule has 2 aliphatic rings. The van der Waals surface area contributed by atoms with E-state index in [0.717, 1.165) is 50.6 Å². The lowest BCUT2D eigenvalue weighted by molar-refractivity contribution is -0.131. The number of aryl methyl sites for hydroxylation is 1. The normalized spacial score (nSPS) is 18.4. The highest BCUT2D eigenvalue weighted by atomic mass is 16.5. The van der Waals surface area contributed by atoms with Crippen LogP contribution in [-0.4, -0.2) is 47.0 Å². The summed E-state index contributed by atoms with van der Waals surface area (Å²) in [6.45, 7) is 3.63. The molecule has 2 aromatic rings. The van der Waals surface area contributed by atoms with Gasteiger partial charge in [0.2, 0.25) is 17.7 Å². The number of hydrogen-bond donors (Lipinski definition) is 1. The third-order valence-electron chi connectivity index (χ3n) is 6.64. The second kappa shape index (κ2) is 9.71. The number of nitrogens with zero attached hydrogens (tertiary/aromatic N) is 4. The van der Waals surface area contributed by atoms with Crippen LogP contribution in [0, 0.1) is 0 Å². The Hall–Kier alpha value is -2.90. The maximum Gasteiger partial charge on any atom is 0.227 e. The molecule has 1 aliphatic carbocycles. The average Bonchev–Trinajstić information content (AvgIpc) is 3.05. The Kier molecular flexibility index (Phi) is 6.77. The molecule has 8 heteroatoms. The molecule has 0 saturated heterocycles. The Morgan fingerprint density at radius 1 is 1.12 bits per heavy atom. The zero-order chi connectivity index (χ0) is 22.6. The zero-order valence-electron chi connectivity index (χ0n) is 19.1. The van der Waals surface area contributed by atoms with Crippen molar-refractivity contribution in [3.63, 3.8) is 0 Å². The van der Waals surface area contributed by atoms with Crippen LogP contribution < -0.4 is 10.2 Å². The van der Waals surface area contributed by atoms with Crippen LogP contribution in [0.3, 0.4) is 0 Å². The van der Waals surface area contributed by atoms with E-state index in [1.54, 1.807) is 0 Å². The molecule has 1 aromatic carbocycles. The maximum absolute atomic E-state index is 13.0. The van der Waals surface area contributed by atoms with Crippen LogP contribution in [0.2, 0.25) is 0 Å². The summed E-state index contributed by atoms with van der Waals surface area (Å²) < 4.78 is 5.51. The quantitative estimate of drug-likeness (QED) is 0.720. The number of nitrogens with one attached hydrogen (secondary N) is 1. The molecule has 2 amide bonds. The second-order valence-corrected chi connectivity index (χ2v) is 9.05. The van der Waals surface area contributed by atoms with E-state index in [-0.39, 0.29) is 11.8 Å². The molecule has 0 spiro atoms. The Balaban J connectivity index is 1.41. The number of fused-ring (bicyclic) bond motifs is 1. The van der Waals surface area contributed by atoms with E-state index in [4.69, 9.17) is 4.52 Å². The standard InChI is InChI=1S/C24H33N5O3/c1-18(30)26-24(13-7-3-4-8-14-24)23-25-21(32-27-23)11-12-22(31)29-16-15-28(2)20-10-6-5-9-19(20)17-29/h5-6,9-10H,3-4,7-8,11-17H2,1-2H3,(H,26,30). The summed E-state index contributed by atoms with van der Waals surface area (Å²) in [6, 6.07) is 8.22. The lowest BCUT2D eigenvalue weighted by Crippen LogP contribution is -2.45. The monoisotopic (exact) mass is 439 g/mol. The fourth-order valence-corrected chi connectivity index (χ4v) is 4.90. The van der Waals surface area contributed by atoms with Gasteiger partial charge in [-0.2, -0.15) is 4.98 Å². The Labute approximate surface area is 189 Å². The van der Waals surface area contributed by atoms with Crippen LogP contribution in [0.15, 0.2) is 28.8 Å².